The molecule has 2 N–H and O–H groups in total. The first-order chi connectivity index (χ1) is 15.1. The molecule has 0 spiro atoms. The topological polar surface area (TPSA) is 93.1 Å². The molecule has 0 aromatic rings. The summed E-state index contributed by atoms with van der Waals surface area (Å²) in [5.74, 6) is -1.39. The summed E-state index contributed by atoms with van der Waals surface area (Å²) in [7, 11) is 0. The number of halogens is 1. The van der Waals surface area contributed by atoms with E-state index in [9.17, 15) is 19.8 Å². The Morgan fingerprint density at radius 1 is 1.31 bits per heavy atom. The maximum atomic E-state index is 17.2. The van der Waals surface area contributed by atoms with Crippen molar-refractivity contribution in [2.75, 3.05) is 6.61 Å². The van der Waals surface area contributed by atoms with Gasteiger partial charge in [0, 0.05) is 16.7 Å². The highest BCUT2D eigenvalue weighted by molar-refractivity contribution is 6.01. The summed E-state index contributed by atoms with van der Waals surface area (Å²) in [5.41, 5.74) is -4.58. The van der Waals surface area contributed by atoms with Crippen LogP contribution in [0, 0.1) is 22.7 Å². The Labute approximate surface area is 187 Å². The lowest BCUT2D eigenvalue weighted by molar-refractivity contribution is -0.231. The minimum Gasteiger partial charge on any atom is -0.390 e. The zero-order valence-electron chi connectivity index (χ0n) is 19.0. The van der Waals surface area contributed by atoms with E-state index in [-0.39, 0.29) is 18.1 Å². The molecule has 176 valence electrons. The predicted molar refractivity (Wildman–Crippen MR) is 113 cm³/mol. The van der Waals surface area contributed by atoms with Gasteiger partial charge in [-0.25, -0.2) is 4.39 Å². The Bertz CT molecular complexity index is 914. The van der Waals surface area contributed by atoms with Gasteiger partial charge < -0.3 is 19.7 Å². The average molecular weight is 449 g/mol. The van der Waals surface area contributed by atoms with Crippen LogP contribution in [-0.2, 0) is 19.1 Å². The van der Waals surface area contributed by atoms with Crippen molar-refractivity contribution in [3.8, 4) is 0 Å². The maximum Gasteiger partial charge on any atom is 0.193 e. The number of carbonyl (C=O) groups excluding carboxylic acids is 2. The number of hydrogen-bond acceptors (Lipinski definition) is 6. The lowest BCUT2D eigenvalue weighted by atomic mass is 9.44. The Morgan fingerprint density at radius 2 is 2.06 bits per heavy atom. The van der Waals surface area contributed by atoms with E-state index in [0.717, 1.165) is 12.0 Å². The predicted octanol–water partition coefficient (Wildman–Crippen LogP) is 2.81. The number of aliphatic hydroxyl groups is 2. The summed E-state index contributed by atoms with van der Waals surface area (Å²) in [6.45, 7) is 5.00. The molecule has 0 aromatic heterocycles. The molecule has 4 aliphatic carbocycles. The molecule has 0 aromatic carbocycles. The highest BCUT2D eigenvalue weighted by Gasteiger charge is 2.79. The number of carbonyl (C=O) groups is 2. The van der Waals surface area contributed by atoms with Crippen molar-refractivity contribution in [1.29, 1.82) is 0 Å². The maximum absolute atomic E-state index is 17.2. The Kier molecular flexibility index (Phi) is 4.93. The molecule has 0 radical (unpaired) electrons. The van der Waals surface area contributed by atoms with Crippen LogP contribution in [0.5, 0.6) is 0 Å². The first kappa shape index (κ1) is 22.4. The highest BCUT2D eigenvalue weighted by atomic mass is 19.1. The van der Waals surface area contributed by atoms with Gasteiger partial charge in [-0.3, -0.25) is 9.59 Å². The third kappa shape index (κ3) is 2.43. The van der Waals surface area contributed by atoms with Crippen molar-refractivity contribution in [2.24, 2.45) is 22.7 Å². The molecule has 5 rings (SSSR count). The largest absolute Gasteiger partial charge is 0.390 e. The Hall–Kier alpha value is -1.41. The Morgan fingerprint density at radius 3 is 2.75 bits per heavy atom. The number of fused-ring (bicyclic) bond motifs is 7. The fourth-order valence-electron chi connectivity index (χ4n) is 8.01. The summed E-state index contributed by atoms with van der Waals surface area (Å²) in [4.78, 5) is 25.2. The van der Waals surface area contributed by atoms with Crippen LogP contribution in [0.2, 0.25) is 0 Å². The van der Waals surface area contributed by atoms with E-state index in [1.807, 2.05) is 13.8 Å². The number of alkyl halides is 1. The monoisotopic (exact) mass is 448 g/mol. The van der Waals surface area contributed by atoms with Crippen LogP contribution in [0.15, 0.2) is 23.8 Å². The molecule has 6 nitrogen and oxygen atoms in total. The quantitative estimate of drug-likeness (QED) is 0.687. The molecule has 3 saturated carbocycles. The summed E-state index contributed by atoms with van der Waals surface area (Å²) < 4.78 is 29.7. The minimum atomic E-state index is -1.97. The van der Waals surface area contributed by atoms with E-state index >= 15 is 4.39 Å². The molecule has 1 saturated heterocycles. The van der Waals surface area contributed by atoms with E-state index in [4.69, 9.17) is 9.47 Å². The van der Waals surface area contributed by atoms with E-state index in [2.05, 4.69) is 0 Å². The fourth-order valence-corrected chi connectivity index (χ4v) is 8.01. The highest BCUT2D eigenvalue weighted by Crippen LogP contribution is 2.71. The van der Waals surface area contributed by atoms with Crippen molar-refractivity contribution in [3.05, 3.63) is 23.8 Å². The molecule has 1 aliphatic heterocycles. The van der Waals surface area contributed by atoms with Crippen molar-refractivity contribution >= 4 is 11.6 Å². The molecule has 9 atom stereocenters. The van der Waals surface area contributed by atoms with Crippen LogP contribution in [0.25, 0.3) is 0 Å². The van der Waals surface area contributed by atoms with Gasteiger partial charge in [-0.05, 0) is 57.1 Å². The Balaban J connectivity index is 1.60. The van der Waals surface area contributed by atoms with Gasteiger partial charge in [-0.15, -0.1) is 0 Å². The van der Waals surface area contributed by atoms with E-state index in [0.29, 0.717) is 25.7 Å². The number of ketones is 2. The second kappa shape index (κ2) is 7.05. The lowest BCUT2D eigenvalue weighted by Gasteiger charge is -2.62. The van der Waals surface area contributed by atoms with Gasteiger partial charge in [0.2, 0.25) is 0 Å². The molecule has 5 aliphatic rings. The minimum absolute atomic E-state index is 0.0275. The lowest BCUT2D eigenvalue weighted by Crippen LogP contribution is -2.69. The zero-order valence-corrected chi connectivity index (χ0v) is 19.0. The van der Waals surface area contributed by atoms with Gasteiger partial charge in [0.05, 0.1) is 12.2 Å². The molecule has 1 heterocycles. The number of ether oxygens (including phenoxy) is 2. The van der Waals surface area contributed by atoms with E-state index in [1.54, 1.807) is 13.0 Å². The number of allylic oxidation sites excluding steroid dienone is 4. The molecule has 7 heteroatoms. The number of aliphatic hydroxyl groups excluding tert-OH is 2. The summed E-state index contributed by atoms with van der Waals surface area (Å²) >= 11 is 0. The summed E-state index contributed by atoms with van der Waals surface area (Å²) in [6.07, 6.45) is 5.03. The molecule has 0 amide bonds. The fraction of sp³-hybridized carbons (Fsp3) is 0.760. The summed E-state index contributed by atoms with van der Waals surface area (Å²) in [5, 5.41) is 21.3. The number of hydrogen-bond donors (Lipinski definition) is 2. The van der Waals surface area contributed by atoms with Crippen molar-refractivity contribution in [1.82, 2.24) is 0 Å². The van der Waals surface area contributed by atoms with Crippen molar-refractivity contribution < 1.29 is 33.7 Å². The van der Waals surface area contributed by atoms with Crippen LogP contribution in [0.4, 0.5) is 4.39 Å². The molecule has 4 fully saturated rings. The molecule has 32 heavy (non-hydrogen) atoms. The number of Topliss-reactive ketones (excluding diaryl/α,β-unsaturated/α-hetero) is 1. The second-order valence-electron chi connectivity index (χ2n) is 10.8. The van der Waals surface area contributed by atoms with E-state index in [1.165, 1.54) is 12.2 Å². The van der Waals surface area contributed by atoms with Crippen LogP contribution < -0.4 is 0 Å². The van der Waals surface area contributed by atoms with Gasteiger partial charge in [0.15, 0.2) is 29.1 Å². The van der Waals surface area contributed by atoms with Crippen LogP contribution in [0.3, 0.4) is 0 Å². The van der Waals surface area contributed by atoms with Gasteiger partial charge in [-0.1, -0.05) is 31.9 Å². The second-order valence-corrected chi connectivity index (χ2v) is 10.8. The average Bonchev–Trinajstić information content (AvgIpc) is 3.22. The first-order valence-electron chi connectivity index (χ1n) is 11.9. The SMILES string of the molecule is CCCC1O[C@@H]2C[C@H]3C4CCC5=CC(=O)C=C[C@]5(C)[C@@]4(F)[C@@H](O)C[C@]3(C)[C@]2(C(=O)CO)O1. The van der Waals surface area contributed by atoms with Gasteiger partial charge in [-0.2, -0.15) is 0 Å². The van der Waals surface area contributed by atoms with Crippen LogP contribution >= 0.6 is 0 Å². The standard InChI is InChI=1S/C25H33FO6/c1-4-5-21-31-20-11-17-16-7-6-14-10-15(28)8-9-22(14,2)24(16,26)18(29)12-23(17,3)25(20,32-21)19(30)13-27/h8-10,16-18,20-21,27,29H,4-7,11-13H2,1-3H3/t16?,17-,18-,20+,21?,22-,23-,24-,25+/m0/s1. The summed E-state index contributed by atoms with van der Waals surface area (Å²) in [6, 6.07) is 0. The van der Waals surface area contributed by atoms with Gasteiger partial charge >= 0.3 is 0 Å². The number of rotatable bonds is 4. The molecule has 2 unspecified atom stereocenters. The molecule has 0 bridgehead atoms. The van der Waals surface area contributed by atoms with Crippen molar-refractivity contribution in [3.63, 3.8) is 0 Å². The normalized spacial score (nSPS) is 51.5. The third-order valence-electron chi connectivity index (χ3n) is 9.52. The smallest absolute Gasteiger partial charge is 0.193 e. The van der Waals surface area contributed by atoms with Gasteiger partial charge in [0.1, 0.15) is 6.61 Å². The van der Waals surface area contributed by atoms with Gasteiger partial charge in [0.25, 0.3) is 0 Å². The van der Waals surface area contributed by atoms with Crippen LogP contribution in [0.1, 0.15) is 59.3 Å². The molecular formula is C25H33FO6. The van der Waals surface area contributed by atoms with E-state index < -0.39 is 58.9 Å². The van der Waals surface area contributed by atoms with Crippen molar-refractivity contribution in [2.45, 2.75) is 89.1 Å². The third-order valence-corrected chi connectivity index (χ3v) is 9.52. The first-order valence-corrected chi connectivity index (χ1v) is 11.9. The van der Waals surface area contributed by atoms with Crippen LogP contribution in [-0.4, -0.2) is 58.2 Å². The zero-order chi connectivity index (χ0) is 23.1. The molecular weight excluding hydrogens is 415 g/mol.